The predicted octanol–water partition coefficient (Wildman–Crippen LogP) is 6.55. The van der Waals surface area contributed by atoms with Gasteiger partial charge in [-0.1, -0.05) is 52.0 Å². The van der Waals surface area contributed by atoms with E-state index in [9.17, 15) is 28.8 Å². The summed E-state index contributed by atoms with van der Waals surface area (Å²) in [5.41, 5.74) is 2.80. The Hall–Kier alpha value is -6.98. The van der Waals surface area contributed by atoms with Crippen LogP contribution in [-0.4, -0.2) is 107 Å². The Kier molecular flexibility index (Phi) is 13.5. The van der Waals surface area contributed by atoms with Crippen LogP contribution in [0, 0.1) is 11.8 Å². The van der Waals surface area contributed by atoms with Crippen molar-refractivity contribution in [2.75, 3.05) is 37.9 Å². The zero-order chi connectivity index (χ0) is 46.7. The molecule has 2 aromatic carbocycles. The van der Waals surface area contributed by atoms with E-state index in [1.165, 1.54) is 60.9 Å². The molecular formula is C47H52F2N8O8. The second-order valence-corrected chi connectivity index (χ2v) is 17.1. The molecule has 65 heavy (non-hydrogen) atoms. The number of ether oxygens (including phenoxy) is 2. The summed E-state index contributed by atoms with van der Waals surface area (Å²) in [5, 5.41) is 10.8. The number of carbonyl (C=O) groups is 6. The third kappa shape index (κ3) is 9.47. The monoisotopic (exact) mass is 894 g/mol. The van der Waals surface area contributed by atoms with Crippen molar-refractivity contribution in [3.8, 4) is 33.4 Å². The first-order chi connectivity index (χ1) is 31.0. The summed E-state index contributed by atoms with van der Waals surface area (Å²) < 4.78 is 42.4. The summed E-state index contributed by atoms with van der Waals surface area (Å²) in [6, 6.07) is 9.41. The van der Waals surface area contributed by atoms with Crippen LogP contribution in [-0.2, 0) is 34.6 Å². The number of pyridine rings is 2. The van der Waals surface area contributed by atoms with Crippen molar-refractivity contribution in [3.63, 3.8) is 0 Å². The maximum absolute atomic E-state index is 16.5. The van der Waals surface area contributed by atoms with Crippen molar-refractivity contribution in [3.05, 3.63) is 84.4 Å². The van der Waals surface area contributed by atoms with Crippen molar-refractivity contribution >= 4 is 47.2 Å². The van der Waals surface area contributed by atoms with E-state index in [1.807, 2.05) is 0 Å². The molecule has 4 aromatic rings. The first kappa shape index (κ1) is 46.0. The van der Waals surface area contributed by atoms with Crippen LogP contribution in [0.5, 0.6) is 0 Å². The molecule has 0 saturated carbocycles. The predicted molar refractivity (Wildman–Crippen MR) is 236 cm³/mol. The maximum Gasteiger partial charge on any atom is 0.407 e. The number of halogens is 2. The maximum atomic E-state index is 16.5. The largest absolute Gasteiger partial charge is 0.453 e. The number of alkyl halides is 2. The van der Waals surface area contributed by atoms with Gasteiger partial charge in [0.25, 0.3) is 5.92 Å². The van der Waals surface area contributed by atoms with E-state index in [2.05, 4.69) is 40.7 Å². The molecule has 2 unspecified atom stereocenters. The molecule has 2 aliphatic heterocycles. The number of methoxy groups -OCH3 is 2. The van der Waals surface area contributed by atoms with E-state index in [-0.39, 0.29) is 23.0 Å². The quantitative estimate of drug-likeness (QED) is 0.121. The third-order valence-electron chi connectivity index (χ3n) is 12.1. The minimum atomic E-state index is -3.39. The number of nitrogens with one attached hydrogen (secondary N) is 4. The lowest BCUT2D eigenvalue weighted by Crippen LogP contribution is -2.54. The van der Waals surface area contributed by atoms with E-state index in [4.69, 9.17) is 0 Å². The smallest absolute Gasteiger partial charge is 0.407 e. The van der Waals surface area contributed by atoms with E-state index in [1.54, 1.807) is 64.1 Å². The van der Waals surface area contributed by atoms with Crippen LogP contribution in [0.15, 0.2) is 73.3 Å². The first-order valence-electron chi connectivity index (χ1n) is 21.5. The summed E-state index contributed by atoms with van der Waals surface area (Å²) in [6.45, 7) is 7.80. The Morgan fingerprint density at radius 3 is 1.38 bits per heavy atom. The number of amides is 6. The topological polar surface area (TPSA) is 201 Å². The molecule has 4 atom stereocenters. The number of aromatic nitrogens is 2. The molecule has 1 aliphatic carbocycles. The Bertz CT molecular complexity index is 2350. The lowest BCUT2D eigenvalue weighted by molar-refractivity contribution is -0.139. The van der Waals surface area contributed by atoms with E-state index >= 15 is 8.78 Å². The normalized spacial score (nSPS) is 18.1. The number of fused-ring (bicyclic) bond motifs is 3. The summed E-state index contributed by atoms with van der Waals surface area (Å²) in [7, 11) is 2.41. The number of alkyl carbamates (subject to hydrolysis) is 2. The van der Waals surface area contributed by atoms with Crippen molar-refractivity contribution < 1.29 is 47.0 Å². The van der Waals surface area contributed by atoms with Gasteiger partial charge < -0.3 is 40.5 Å². The summed E-state index contributed by atoms with van der Waals surface area (Å²) in [6.07, 6.45) is 6.40. The molecule has 18 heteroatoms. The third-order valence-corrected chi connectivity index (χ3v) is 12.1. The van der Waals surface area contributed by atoms with Gasteiger partial charge in [-0.05, 0) is 84.0 Å². The van der Waals surface area contributed by atoms with Gasteiger partial charge >= 0.3 is 12.2 Å². The van der Waals surface area contributed by atoms with Crippen molar-refractivity contribution in [2.45, 2.75) is 83.5 Å². The number of nitrogens with zero attached hydrogens (tertiary/aromatic N) is 4. The Morgan fingerprint density at radius 2 is 1.02 bits per heavy atom. The SMILES string of the molecule is COC(=O)NC(C(=O)N1CCCC1C(=O)Nc1cncc(-c2ccc3c(c2)C(F)(F)c2cc(-c4cncc(NC(=O)[C@@H]5CCCN5C(=O)[C@@H](NC(=O)OC)C(C)C)c4)ccc2-3)c1)C(C)C. The summed E-state index contributed by atoms with van der Waals surface area (Å²) >= 11 is 0. The number of rotatable bonds is 12. The molecule has 3 aliphatic rings. The van der Waals surface area contributed by atoms with Gasteiger partial charge in [-0.2, -0.15) is 8.78 Å². The van der Waals surface area contributed by atoms with E-state index in [0.29, 0.717) is 83.5 Å². The molecule has 0 spiro atoms. The van der Waals surface area contributed by atoms with Gasteiger partial charge in [-0.3, -0.25) is 29.1 Å². The minimum absolute atomic E-state index is 0.201. The molecule has 2 aromatic heterocycles. The number of anilines is 2. The number of carbonyl (C=O) groups excluding carboxylic acids is 6. The van der Waals surface area contributed by atoms with Crippen LogP contribution in [0.25, 0.3) is 33.4 Å². The lowest BCUT2D eigenvalue weighted by atomic mass is 9.99. The molecule has 16 nitrogen and oxygen atoms in total. The van der Waals surface area contributed by atoms with Crippen LogP contribution in [0.4, 0.5) is 29.7 Å². The van der Waals surface area contributed by atoms with Gasteiger partial charge in [-0.15, -0.1) is 0 Å². The summed E-state index contributed by atoms with van der Waals surface area (Å²) in [4.78, 5) is 89.5. The minimum Gasteiger partial charge on any atom is -0.453 e. The highest BCUT2D eigenvalue weighted by molar-refractivity contribution is 6.00. The molecule has 6 amide bonds. The second kappa shape index (κ2) is 19.0. The van der Waals surface area contributed by atoms with Gasteiger partial charge in [0.2, 0.25) is 23.6 Å². The highest BCUT2D eigenvalue weighted by Crippen LogP contribution is 2.52. The Labute approximate surface area is 374 Å². The molecule has 4 heterocycles. The number of hydrogen-bond acceptors (Lipinski definition) is 10. The van der Waals surface area contributed by atoms with Crippen LogP contribution in [0.1, 0.15) is 64.5 Å². The van der Waals surface area contributed by atoms with E-state index in [0.717, 1.165) is 0 Å². The fourth-order valence-electron chi connectivity index (χ4n) is 8.73. The first-order valence-corrected chi connectivity index (χ1v) is 21.5. The lowest BCUT2D eigenvalue weighted by Gasteiger charge is -2.30. The number of hydrogen-bond donors (Lipinski definition) is 4. The molecule has 2 fully saturated rings. The molecule has 342 valence electrons. The molecule has 2 saturated heterocycles. The highest BCUT2D eigenvalue weighted by Gasteiger charge is 2.45. The fraction of sp³-hybridized carbons (Fsp3) is 0.404. The van der Waals surface area contributed by atoms with Gasteiger partial charge in [0.1, 0.15) is 24.2 Å². The Balaban J connectivity index is 1.05. The fourth-order valence-corrected chi connectivity index (χ4v) is 8.73. The van der Waals surface area contributed by atoms with Crippen LogP contribution in [0.3, 0.4) is 0 Å². The molecule has 0 radical (unpaired) electrons. The zero-order valence-corrected chi connectivity index (χ0v) is 36.9. The van der Waals surface area contributed by atoms with Crippen LogP contribution in [0.2, 0.25) is 0 Å². The van der Waals surface area contributed by atoms with Crippen LogP contribution < -0.4 is 21.3 Å². The molecule has 7 rings (SSSR count). The number of likely N-dealkylation sites (tertiary alicyclic amines) is 2. The average Bonchev–Trinajstić information content (AvgIpc) is 4.05. The molecule has 0 bridgehead atoms. The molecule has 4 N–H and O–H groups in total. The van der Waals surface area contributed by atoms with Gasteiger partial charge in [0.15, 0.2) is 0 Å². The van der Waals surface area contributed by atoms with Crippen LogP contribution >= 0.6 is 0 Å². The second-order valence-electron chi connectivity index (χ2n) is 17.1. The summed E-state index contributed by atoms with van der Waals surface area (Å²) in [5.74, 6) is -5.60. The average molecular weight is 895 g/mol. The van der Waals surface area contributed by atoms with Gasteiger partial charge in [0, 0.05) is 47.7 Å². The van der Waals surface area contributed by atoms with Crippen molar-refractivity contribution in [2.24, 2.45) is 11.8 Å². The van der Waals surface area contributed by atoms with Crippen molar-refractivity contribution in [1.82, 2.24) is 30.4 Å². The molecular weight excluding hydrogens is 843 g/mol. The van der Waals surface area contributed by atoms with Gasteiger partial charge in [0.05, 0.1) is 38.0 Å². The highest BCUT2D eigenvalue weighted by atomic mass is 19.3. The number of benzene rings is 2. The zero-order valence-electron chi connectivity index (χ0n) is 36.9. The Morgan fingerprint density at radius 1 is 0.615 bits per heavy atom. The van der Waals surface area contributed by atoms with Gasteiger partial charge in [-0.25, -0.2) is 9.59 Å². The van der Waals surface area contributed by atoms with E-state index < -0.39 is 65.9 Å². The van der Waals surface area contributed by atoms with Crippen molar-refractivity contribution in [1.29, 1.82) is 0 Å². The standard InChI is InChI=1S/C47H52F2N8O8/c1-25(2)39(54-45(62)64-5)43(60)56-15-7-9-37(56)41(58)52-31-17-29(21-50-23-31)27-11-13-33-34-14-12-28(20-36(34)47(48,49)35(33)19-27)30-18-32(24-51-22-30)53-42(59)38-10-8-16-57(38)44(61)40(26(3)4)55-46(63)65-6/h11-14,17-26,37-40H,7-10,15-16H2,1-6H3,(H,52,58)(H,53,59)(H,54,62)(H,55,63)/t37-,38?,39-,40?/m0/s1.